The monoisotopic (exact) mass is 1460 g/mol. The van der Waals surface area contributed by atoms with Crippen molar-refractivity contribution in [3.05, 3.63) is 122 Å². The molecule has 0 aromatic rings. The van der Waals surface area contributed by atoms with E-state index in [9.17, 15) is 43.5 Å². The quantitative estimate of drug-likeness (QED) is 0.0146. The third-order valence-corrected chi connectivity index (χ3v) is 18.5. The van der Waals surface area contributed by atoms with E-state index < -0.39 is 91.5 Å². The molecule has 582 valence electrons. The number of phosphoric acid groups is 2. The molecule has 5 unspecified atom stereocenters. The Morgan fingerprint density at radius 3 is 0.782 bits per heavy atom. The molecule has 0 saturated carbocycles. The Hall–Kier alpha value is -4.05. The molecule has 0 aliphatic heterocycles. The first-order valence-electron chi connectivity index (χ1n) is 39.8. The second kappa shape index (κ2) is 75.6. The summed E-state index contributed by atoms with van der Waals surface area (Å²) in [6, 6.07) is 0. The largest absolute Gasteiger partial charge is 0.472 e. The van der Waals surface area contributed by atoms with Gasteiger partial charge in [0, 0.05) is 19.3 Å². The van der Waals surface area contributed by atoms with Gasteiger partial charge in [0.1, 0.15) is 25.4 Å². The molecule has 0 saturated heterocycles. The number of hydrogen-bond donors (Lipinski definition) is 4. The average Bonchev–Trinajstić information content (AvgIpc) is 1.19. The minimum Gasteiger partial charge on any atom is -0.463 e. The number of esters is 3. The van der Waals surface area contributed by atoms with Crippen LogP contribution in [0.1, 0.15) is 329 Å². The van der Waals surface area contributed by atoms with Crippen molar-refractivity contribution in [3.8, 4) is 0 Å². The van der Waals surface area contributed by atoms with E-state index in [4.69, 9.17) is 32.3 Å². The van der Waals surface area contributed by atoms with E-state index in [2.05, 4.69) is 142 Å². The highest BCUT2D eigenvalue weighted by atomic mass is 31.2. The fourth-order valence-electron chi connectivity index (χ4n) is 10.5. The first-order chi connectivity index (χ1) is 49.2. The van der Waals surface area contributed by atoms with Crippen LogP contribution in [0, 0.1) is 0 Å². The van der Waals surface area contributed by atoms with Gasteiger partial charge in [-0.15, -0.1) is 0 Å². The van der Waals surface area contributed by atoms with Gasteiger partial charge in [0.15, 0.2) is 6.10 Å². The summed E-state index contributed by atoms with van der Waals surface area (Å²) < 4.78 is 61.2. The number of phosphoric ester groups is 2. The predicted octanol–water partition coefficient (Wildman–Crippen LogP) is 23.3. The van der Waals surface area contributed by atoms with Gasteiger partial charge in [-0.1, -0.05) is 290 Å². The minimum absolute atomic E-state index is 0.0853. The number of allylic oxidation sites excluding steroid dienone is 20. The molecule has 101 heavy (non-hydrogen) atoms. The molecule has 0 rings (SSSR count). The van der Waals surface area contributed by atoms with Crippen molar-refractivity contribution in [2.24, 2.45) is 0 Å². The maximum atomic E-state index is 13.0. The van der Waals surface area contributed by atoms with Gasteiger partial charge in [-0.25, -0.2) is 9.13 Å². The van der Waals surface area contributed by atoms with Crippen LogP contribution in [-0.2, 0) is 55.8 Å². The van der Waals surface area contributed by atoms with Crippen LogP contribution in [0.2, 0.25) is 0 Å². The van der Waals surface area contributed by atoms with Crippen LogP contribution in [0.15, 0.2) is 122 Å². The minimum atomic E-state index is -4.94. The Kier molecular flexibility index (Phi) is 72.6. The molecule has 0 spiro atoms. The van der Waals surface area contributed by atoms with Crippen molar-refractivity contribution in [3.63, 3.8) is 0 Å². The van der Waals surface area contributed by atoms with E-state index in [-0.39, 0.29) is 19.3 Å². The molecule has 4 N–H and O–H groups in total. The molecule has 0 amide bonds. The van der Waals surface area contributed by atoms with Crippen LogP contribution in [0.5, 0.6) is 0 Å². The number of rotatable bonds is 75. The van der Waals surface area contributed by atoms with E-state index in [0.29, 0.717) is 19.3 Å². The van der Waals surface area contributed by atoms with E-state index in [1.165, 1.54) is 122 Å². The van der Waals surface area contributed by atoms with Crippen LogP contribution in [0.3, 0.4) is 0 Å². The number of aliphatic hydroxyl groups is 2. The van der Waals surface area contributed by atoms with Gasteiger partial charge in [-0.05, 0) is 141 Å². The maximum Gasteiger partial charge on any atom is 0.472 e. The van der Waals surface area contributed by atoms with Gasteiger partial charge in [-0.2, -0.15) is 0 Å². The highest BCUT2D eigenvalue weighted by Crippen LogP contribution is 2.45. The Morgan fingerprint density at radius 1 is 0.277 bits per heavy atom. The Balaban J connectivity index is 4.61. The second-order valence-corrected chi connectivity index (χ2v) is 29.4. The molecular weight excluding hydrogens is 1310 g/mol. The molecule has 0 fully saturated rings. The van der Waals surface area contributed by atoms with Crippen LogP contribution in [0.25, 0.3) is 0 Å². The first kappa shape index (κ1) is 97.0. The zero-order valence-corrected chi connectivity index (χ0v) is 65.3. The Labute approximate surface area is 614 Å². The van der Waals surface area contributed by atoms with Crippen molar-refractivity contribution in [2.75, 3.05) is 39.6 Å². The lowest BCUT2D eigenvalue weighted by atomic mass is 10.1. The van der Waals surface area contributed by atoms with Gasteiger partial charge in [0.2, 0.25) is 0 Å². The summed E-state index contributed by atoms with van der Waals surface area (Å²) in [6.07, 6.45) is 89.5. The Morgan fingerprint density at radius 2 is 0.495 bits per heavy atom. The molecule has 0 aliphatic rings. The summed E-state index contributed by atoms with van der Waals surface area (Å²) in [5, 5.41) is 20.6. The third-order valence-electron chi connectivity index (χ3n) is 16.6. The molecule has 0 bridgehead atoms. The number of hydrogen-bond acceptors (Lipinski definition) is 14. The molecule has 0 aromatic carbocycles. The average molecular weight is 1460 g/mol. The van der Waals surface area contributed by atoms with Crippen molar-refractivity contribution in [2.45, 2.75) is 347 Å². The smallest absolute Gasteiger partial charge is 0.463 e. The highest BCUT2D eigenvalue weighted by Gasteiger charge is 2.29. The van der Waals surface area contributed by atoms with Crippen molar-refractivity contribution < 1.29 is 75.8 Å². The molecule has 0 radical (unpaired) electrons. The summed E-state index contributed by atoms with van der Waals surface area (Å²) in [4.78, 5) is 58.7. The highest BCUT2D eigenvalue weighted by molar-refractivity contribution is 7.47. The van der Waals surface area contributed by atoms with E-state index in [0.717, 1.165) is 148 Å². The summed E-state index contributed by atoms with van der Waals surface area (Å²) in [5.41, 5.74) is 0. The van der Waals surface area contributed by atoms with Gasteiger partial charge in [0.25, 0.3) is 0 Å². The van der Waals surface area contributed by atoms with Crippen LogP contribution >= 0.6 is 15.6 Å². The lowest BCUT2D eigenvalue weighted by Gasteiger charge is -2.21. The maximum absolute atomic E-state index is 13.0. The van der Waals surface area contributed by atoms with Gasteiger partial charge >= 0.3 is 33.6 Å². The van der Waals surface area contributed by atoms with Crippen molar-refractivity contribution >= 4 is 33.6 Å². The molecule has 0 aromatic heterocycles. The van der Waals surface area contributed by atoms with Crippen molar-refractivity contribution in [1.82, 2.24) is 0 Å². The SMILES string of the molecule is CCCCC/C=C\C/C=C\C/C=C\C/C=C\CCCCCCCCCCCC(=O)OCC(O)COP(=O)(O)OCC(O)COP(=O)(O)OCC(COC(=O)CCCCCCCCCCC/C=C\C/C=C\C/C=C\C/C=C\CCCCC)OC(=O)CCCCCCC/C=C\C/C=C\CCCCC. The van der Waals surface area contributed by atoms with Crippen LogP contribution in [0.4, 0.5) is 0 Å². The van der Waals surface area contributed by atoms with Gasteiger partial charge in [-0.3, -0.25) is 32.5 Å². The normalized spacial score (nSPS) is 14.6. The van der Waals surface area contributed by atoms with Crippen molar-refractivity contribution in [1.29, 1.82) is 0 Å². The molecule has 16 nitrogen and oxygen atoms in total. The zero-order chi connectivity index (χ0) is 73.7. The van der Waals surface area contributed by atoms with E-state index >= 15 is 0 Å². The summed E-state index contributed by atoms with van der Waals surface area (Å²) in [7, 11) is -9.80. The van der Waals surface area contributed by atoms with E-state index in [1.807, 2.05) is 0 Å². The number of carbonyl (C=O) groups excluding carboxylic acids is 3. The molecule has 18 heteroatoms. The second-order valence-electron chi connectivity index (χ2n) is 26.5. The third kappa shape index (κ3) is 76.9. The van der Waals surface area contributed by atoms with Gasteiger partial charge in [0.05, 0.1) is 26.4 Å². The first-order valence-corrected chi connectivity index (χ1v) is 42.8. The topological polar surface area (TPSA) is 231 Å². The van der Waals surface area contributed by atoms with Gasteiger partial charge < -0.3 is 34.2 Å². The summed E-state index contributed by atoms with van der Waals surface area (Å²) in [6.45, 7) is 2.59. The number of carbonyl (C=O) groups is 3. The van der Waals surface area contributed by atoms with Crippen LogP contribution < -0.4 is 0 Å². The van der Waals surface area contributed by atoms with E-state index in [1.54, 1.807) is 0 Å². The summed E-state index contributed by atoms with van der Waals surface area (Å²) >= 11 is 0. The predicted molar refractivity (Wildman–Crippen MR) is 417 cm³/mol. The molecule has 0 aliphatic carbocycles. The molecule has 0 heterocycles. The number of ether oxygens (including phenoxy) is 3. The standard InChI is InChI=1S/C83H144O16P2/c1-4-7-10-13-16-19-22-25-28-30-32-34-36-38-40-42-44-46-49-51-54-57-60-63-66-69-81(86)93-72-78(84)73-95-100(89,90)96-74-79(85)75-97-101(91,92)98-77-80(99-83(88)71-68-65-62-59-56-53-48-27-24-21-18-15-12-9-6-3)76-94-82(87)70-67-64-61-58-55-52-50-47-45-43-41-39-37-35-33-31-29-26-23-20-17-14-11-8-5-2/h16-21,25-29,32-35,38-41,48,78-80,84-85H,4-15,22-24,30-31,36-37,42-47,49-77H2,1-3H3,(H,89,90)(H,91,92)/b19-16-,20-17-,21-18-,28-25-,29-26-,34-32-,35-33-,40-38-,41-39-,48-27-. The molecule has 5 atom stereocenters. The summed E-state index contributed by atoms with van der Waals surface area (Å²) in [5.74, 6) is -1.60. The lowest BCUT2D eigenvalue weighted by molar-refractivity contribution is -0.161. The zero-order valence-electron chi connectivity index (χ0n) is 63.5. The lowest BCUT2D eigenvalue weighted by Crippen LogP contribution is -2.30. The number of aliphatic hydroxyl groups excluding tert-OH is 2. The number of unbranched alkanes of at least 4 members (excludes halogenated alkanes) is 32. The molecular formula is C83H144O16P2. The Bertz CT molecular complexity index is 2320. The fourth-order valence-corrected chi connectivity index (χ4v) is 12.1. The van der Waals surface area contributed by atoms with Crippen LogP contribution in [-0.4, -0.2) is 95.9 Å². The fraction of sp³-hybridized carbons (Fsp3) is 0.723.